The maximum Gasteiger partial charge on any atom is 0.146 e. The van der Waals surface area contributed by atoms with Crippen LogP contribution in [0, 0.1) is 11.6 Å². The molecule has 0 unspecified atom stereocenters. The quantitative estimate of drug-likeness (QED) is 0.880. The molecule has 6 heteroatoms. The average molecular weight is 279 g/mol. The van der Waals surface area contributed by atoms with E-state index in [9.17, 15) is 13.9 Å². The van der Waals surface area contributed by atoms with Gasteiger partial charge in [-0.3, -0.25) is 0 Å². The van der Waals surface area contributed by atoms with Crippen LogP contribution in [0.5, 0.6) is 0 Å². The molecular weight excluding hydrogens is 264 g/mol. The summed E-state index contributed by atoms with van der Waals surface area (Å²) in [6.45, 7) is 1.21. The Kier molecular flexibility index (Phi) is 3.50. The third kappa shape index (κ3) is 2.21. The Morgan fingerprint density at radius 2 is 2.05 bits per heavy atom. The summed E-state index contributed by atoms with van der Waals surface area (Å²) < 4.78 is 29.4. The van der Waals surface area contributed by atoms with Crippen molar-refractivity contribution in [2.75, 3.05) is 13.1 Å². The molecular formula is C14H15F2N3O. The van der Waals surface area contributed by atoms with Gasteiger partial charge < -0.3 is 15.0 Å². The molecule has 0 spiro atoms. The number of hydrogen-bond donors (Lipinski definition) is 2. The number of imidazole rings is 1. The van der Waals surface area contributed by atoms with Gasteiger partial charge in [0.25, 0.3) is 0 Å². The highest BCUT2D eigenvalue weighted by atomic mass is 19.1. The summed E-state index contributed by atoms with van der Waals surface area (Å²) in [4.78, 5) is 4.07. The second-order valence-electron chi connectivity index (χ2n) is 4.88. The fraction of sp³-hybridized carbons (Fsp3) is 0.357. The fourth-order valence-electron chi connectivity index (χ4n) is 2.64. The van der Waals surface area contributed by atoms with E-state index >= 15 is 0 Å². The Labute approximate surface area is 115 Å². The van der Waals surface area contributed by atoms with E-state index in [4.69, 9.17) is 0 Å². The molecule has 0 radical (unpaired) electrons. The number of piperidine rings is 1. The first-order valence-corrected chi connectivity index (χ1v) is 6.54. The van der Waals surface area contributed by atoms with Gasteiger partial charge in [-0.15, -0.1) is 0 Å². The van der Waals surface area contributed by atoms with E-state index in [1.807, 2.05) is 0 Å². The molecule has 1 aromatic carbocycles. The van der Waals surface area contributed by atoms with E-state index in [0.717, 1.165) is 6.54 Å². The zero-order valence-electron chi connectivity index (χ0n) is 10.8. The molecule has 20 heavy (non-hydrogen) atoms. The first-order chi connectivity index (χ1) is 9.68. The van der Waals surface area contributed by atoms with Gasteiger partial charge in [-0.05, 0) is 25.1 Å². The van der Waals surface area contributed by atoms with Crippen LogP contribution in [0.3, 0.4) is 0 Å². The largest absolute Gasteiger partial charge is 0.390 e. The first-order valence-electron chi connectivity index (χ1n) is 6.54. The molecule has 2 N–H and O–H groups in total. The lowest BCUT2D eigenvalue weighted by molar-refractivity contribution is 0.0879. The lowest BCUT2D eigenvalue weighted by Gasteiger charge is -2.30. The van der Waals surface area contributed by atoms with E-state index in [1.54, 1.807) is 10.8 Å². The van der Waals surface area contributed by atoms with Crippen molar-refractivity contribution < 1.29 is 13.9 Å². The Hall–Kier alpha value is -1.79. The summed E-state index contributed by atoms with van der Waals surface area (Å²) >= 11 is 0. The first kappa shape index (κ1) is 13.2. The molecule has 2 heterocycles. The van der Waals surface area contributed by atoms with Crippen LogP contribution in [-0.4, -0.2) is 33.9 Å². The number of halogens is 2. The average Bonchev–Trinajstić information content (AvgIpc) is 2.88. The number of aliphatic hydroxyl groups excluding tert-OH is 1. The molecule has 0 saturated carbocycles. The molecule has 1 fully saturated rings. The van der Waals surface area contributed by atoms with Crippen LogP contribution >= 0.6 is 0 Å². The number of aromatic nitrogens is 2. The van der Waals surface area contributed by atoms with E-state index in [2.05, 4.69) is 10.3 Å². The number of benzene rings is 1. The smallest absolute Gasteiger partial charge is 0.146 e. The molecule has 1 aromatic heterocycles. The van der Waals surface area contributed by atoms with Crippen molar-refractivity contribution in [2.45, 2.75) is 18.6 Å². The topological polar surface area (TPSA) is 50.1 Å². The van der Waals surface area contributed by atoms with Crippen LogP contribution in [-0.2, 0) is 0 Å². The van der Waals surface area contributed by atoms with Gasteiger partial charge in [-0.2, -0.15) is 0 Å². The van der Waals surface area contributed by atoms with Crippen LogP contribution < -0.4 is 5.32 Å². The van der Waals surface area contributed by atoms with E-state index in [-0.39, 0.29) is 17.4 Å². The third-order valence-electron chi connectivity index (χ3n) is 3.63. The highest BCUT2D eigenvalue weighted by molar-refractivity contribution is 5.57. The minimum Gasteiger partial charge on any atom is -0.390 e. The van der Waals surface area contributed by atoms with E-state index < -0.39 is 17.7 Å². The Bertz CT molecular complexity index is 594. The van der Waals surface area contributed by atoms with Crippen molar-refractivity contribution in [2.24, 2.45) is 0 Å². The minimum atomic E-state index is -0.652. The maximum atomic E-state index is 13.9. The number of aliphatic hydroxyl groups is 1. The Morgan fingerprint density at radius 3 is 2.75 bits per heavy atom. The van der Waals surface area contributed by atoms with Crippen LogP contribution in [0.1, 0.15) is 12.5 Å². The Balaban J connectivity index is 2.06. The van der Waals surface area contributed by atoms with Gasteiger partial charge in [0, 0.05) is 18.9 Å². The number of β-amino-alcohol motifs (C(OH)–C–C–N with tert-alkyl or cyclic N) is 1. The second-order valence-corrected chi connectivity index (χ2v) is 4.88. The molecule has 3 rings (SSSR count). The third-order valence-corrected chi connectivity index (χ3v) is 3.63. The second kappa shape index (κ2) is 5.30. The summed E-state index contributed by atoms with van der Waals surface area (Å²) in [6.07, 6.45) is 3.23. The van der Waals surface area contributed by atoms with Gasteiger partial charge in [0.05, 0.1) is 17.7 Å². The number of nitrogens with zero attached hydrogens (tertiary/aromatic N) is 2. The normalized spacial score (nSPS) is 22.9. The van der Waals surface area contributed by atoms with Gasteiger partial charge in [-0.1, -0.05) is 6.07 Å². The van der Waals surface area contributed by atoms with Crippen LogP contribution in [0.4, 0.5) is 8.78 Å². The van der Waals surface area contributed by atoms with Gasteiger partial charge in [-0.25, -0.2) is 13.8 Å². The summed E-state index contributed by atoms with van der Waals surface area (Å²) in [7, 11) is 0. The van der Waals surface area contributed by atoms with Crippen molar-refractivity contribution in [3.8, 4) is 11.4 Å². The predicted octanol–water partition coefficient (Wildman–Crippen LogP) is 1.72. The van der Waals surface area contributed by atoms with E-state index in [0.29, 0.717) is 13.0 Å². The number of hydrogen-bond acceptors (Lipinski definition) is 3. The lowest BCUT2D eigenvalue weighted by atomic mass is 10.0. The summed E-state index contributed by atoms with van der Waals surface area (Å²) in [5.41, 5.74) is -0.150. The van der Waals surface area contributed by atoms with Crippen molar-refractivity contribution in [3.63, 3.8) is 0 Å². The molecule has 4 nitrogen and oxygen atoms in total. The molecule has 1 saturated heterocycles. The summed E-state index contributed by atoms with van der Waals surface area (Å²) in [6, 6.07) is 3.50. The summed E-state index contributed by atoms with van der Waals surface area (Å²) in [5.74, 6) is -1.09. The molecule has 0 aliphatic carbocycles. The number of nitrogens with one attached hydrogen (secondary N) is 1. The standard InChI is InChI=1S/C14H15F2N3O/c15-9-2-1-3-10(16)13(9)14-18-6-7-19(14)11-4-5-17-8-12(11)20/h1-3,6-7,11-12,17,20H,4-5,8H2/t11-,12-/m0/s1. The summed E-state index contributed by atoms with van der Waals surface area (Å²) in [5, 5.41) is 13.1. The molecule has 1 aliphatic rings. The predicted molar refractivity (Wildman–Crippen MR) is 70.1 cm³/mol. The van der Waals surface area contributed by atoms with Crippen LogP contribution in [0.25, 0.3) is 11.4 Å². The van der Waals surface area contributed by atoms with Crippen molar-refractivity contribution >= 4 is 0 Å². The maximum absolute atomic E-state index is 13.9. The molecule has 106 valence electrons. The van der Waals surface area contributed by atoms with Gasteiger partial charge >= 0.3 is 0 Å². The number of rotatable bonds is 2. The SMILES string of the molecule is O[C@H]1CNCC[C@@H]1n1ccnc1-c1c(F)cccc1F. The monoisotopic (exact) mass is 279 g/mol. The highest BCUT2D eigenvalue weighted by Gasteiger charge is 2.27. The molecule has 1 aliphatic heterocycles. The molecule has 2 atom stereocenters. The minimum absolute atomic E-state index is 0.150. The van der Waals surface area contributed by atoms with Gasteiger partial charge in [0.2, 0.25) is 0 Å². The molecule has 0 bridgehead atoms. The molecule has 0 amide bonds. The van der Waals surface area contributed by atoms with Crippen LogP contribution in [0.2, 0.25) is 0 Å². The van der Waals surface area contributed by atoms with Gasteiger partial charge in [0.15, 0.2) is 0 Å². The van der Waals surface area contributed by atoms with Crippen molar-refractivity contribution in [1.82, 2.24) is 14.9 Å². The zero-order valence-corrected chi connectivity index (χ0v) is 10.8. The zero-order chi connectivity index (χ0) is 14.1. The fourth-order valence-corrected chi connectivity index (χ4v) is 2.64. The lowest BCUT2D eigenvalue weighted by Crippen LogP contribution is -2.41. The van der Waals surface area contributed by atoms with Crippen molar-refractivity contribution in [3.05, 3.63) is 42.2 Å². The highest BCUT2D eigenvalue weighted by Crippen LogP contribution is 2.29. The van der Waals surface area contributed by atoms with E-state index in [1.165, 1.54) is 24.4 Å². The van der Waals surface area contributed by atoms with Gasteiger partial charge in [0.1, 0.15) is 17.5 Å². The van der Waals surface area contributed by atoms with Crippen LogP contribution in [0.15, 0.2) is 30.6 Å². The molecule has 2 aromatic rings. The Morgan fingerprint density at radius 1 is 1.30 bits per heavy atom. The van der Waals surface area contributed by atoms with Crippen molar-refractivity contribution in [1.29, 1.82) is 0 Å².